The summed E-state index contributed by atoms with van der Waals surface area (Å²) in [5, 5.41) is 10.7. The zero-order valence-corrected chi connectivity index (χ0v) is 18.3. The van der Waals surface area contributed by atoms with E-state index in [1.165, 1.54) is 23.5 Å². The molecule has 0 fully saturated rings. The Morgan fingerprint density at radius 2 is 1.90 bits per heavy atom. The van der Waals surface area contributed by atoms with E-state index in [0.29, 0.717) is 11.4 Å². The maximum Gasteiger partial charge on any atom is 0.265 e. The highest BCUT2D eigenvalue weighted by molar-refractivity contribution is 7.20. The summed E-state index contributed by atoms with van der Waals surface area (Å²) < 4.78 is 15.1. The Bertz CT molecular complexity index is 1370. The van der Waals surface area contributed by atoms with Crippen molar-refractivity contribution in [3.8, 4) is 10.4 Å². The fourth-order valence-corrected chi connectivity index (χ4v) is 5.34. The fourth-order valence-electron chi connectivity index (χ4n) is 3.52. The number of carbonyl (C=O) groups is 1. The van der Waals surface area contributed by atoms with Gasteiger partial charge in [0.15, 0.2) is 0 Å². The summed E-state index contributed by atoms with van der Waals surface area (Å²) in [4.78, 5) is 15.7. The second-order valence-corrected chi connectivity index (χ2v) is 9.15. The van der Waals surface area contributed by atoms with Crippen LogP contribution in [0.4, 0.5) is 10.1 Å². The topological polar surface area (TPSA) is 46.9 Å². The van der Waals surface area contributed by atoms with Crippen LogP contribution in [0.2, 0.25) is 0 Å². The predicted octanol–water partition coefficient (Wildman–Crippen LogP) is 6.57. The number of rotatable bonds is 5. The second kappa shape index (κ2) is 8.09. The zero-order chi connectivity index (χ0) is 21.4. The van der Waals surface area contributed by atoms with E-state index in [1.807, 2.05) is 59.5 Å². The summed E-state index contributed by atoms with van der Waals surface area (Å²) in [5.74, 6) is -0.401. The number of amides is 1. The zero-order valence-electron chi connectivity index (χ0n) is 16.6. The minimum absolute atomic E-state index is 0.141. The normalized spacial score (nSPS) is 11.2. The van der Waals surface area contributed by atoms with E-state index >= 15 is 0 Å². The number of anilines is 1. The van der Waals surface area contributed by atoms with E-state index in [0.717, 1.165) is 37.6 Å². The molecule has 5 rings (SSSR count). The van der Waals surface area contributed by atoms with Crippen LogP contribution in [0.1, 0.15) is 20.9 Å². The summed E-state index contributed by atoms with van der Waals surface area (Å²) in [5.41, 5.74) is 3.61. The van der Waals surface area contributed by atoms with Gasteiger partial charge in [0, 0.05) is 21.5 Å². The molecular weight excluding hydrogens is 429 g/mol. The van der Waals surface area contributed by atoms with Gasteiger partial charge in [-0.1, -0.05) is 36.4 Å². The highest BCUT2D eigenvalue weighted by atomic mass is 32.1. The van der Waals surface area contributed by atoms with Crippen molar-refractivity contribution in [2.45, 2.75) is 13.5 Å². The monoisotopic (exact) mass is 447 g/mol. The fraction of sp³-hybridized carbons (Fsp3) is 0.0833. The highest BCUT2D eigenvalue weighted by Crippen LogP contribution is 2.33. The van der Waals surface area contributed by atoms with Gasteiger partial charge in [-0.3, -0.25) is 9.48 Å². The summed E-state index contributed by atoms with van der Waals surface area (Å²) in [6.07, 6.45) is 0. The highest BCUT2D eigenvalue weighted by Gasteiger charge is 2.18. The number of carbonyl (C=O) groups excluding carboxylic acids is 1. The lowest BCUT2D eigenvalue weighted by Gasteiger charge is -2.09. The number of hydrogen-bond donors (Lipinski definition) is 1. The van der Waals surface area contributed by atoms with Crippen molar-refractivity contribution in [2.24, 2.45) is 0 Å². The van der Waals surface area contributed by atoms with Crippen LogP contribution >= 0.6 is 22.7 Å². The third-order valence-electron chi connectivity index (χ3n) is 5.04. The molecule has 5 aromatic rings. The van der Waals surface area contributed by atoms with E-state index in [-0.39, 0.29) is 11.7 Å². The molecule has 1 amide bonds. The van der Waals surface area contributed by atoms with Crippen molar-refractivity contribution < 1.29 is 9.18 Å². The quantitative estimate of drug-likeness (QED) is 0.331. The lowest BCUT2D eigenvalue weighted by molar-refractivity contribution is 0.103. The molecule has 0 unspecified atom stereocenters. The maximum atomic E-state index is 13.2. The summed E-state index contributed by atoms with van der Waals surface area (Å²) >= 11 is 3.05. The Hall–Kier alpha value is -3.29. The Morgan fingerprint density at radius 3 is 2.68 bits per heavy atom. The average molecular weight is 448 g/mol. The minimum Gasteiger partial charge on any atom is -0.321 e. The molecule has 0 radical (unpaired) electrons. The molecule has 0 aliphatic rings. The second-order valence-electron chi connectivity index (χ2n) is 7.18. The molecule has 0 bridgehead atoms. The summed E-state index contributed by atoms with van der Waals surface area (Å²) in [7, 11) is 0. The molecule has 0 saturated carbocycles. The molecule has 3 heterocycles. The lowest BCUT2D eigenvalue weighted by Crippen LogP contribution is -2.11. The number of halogens is 1. The van der Waals surface area contributed by atoms with Crippen molar-refractivity contribution in [1.29, 1.82) is 0 Å². The third-order valence-corrected chi connectivity index (χ3v) is 7.09. The number of fused-ring (bicyclic) bond motifs is 1. The SMILES string of the molecule is Cc1nn(Cc2ccc(F)cc2)c2sc(C(=O)Nc3ccccc3-c3cccs3)cc12. The van der Waals surface area contributed by atoms with E-state index < -0.39 is 0 Å². The molecule has 0 spiro atoms. The minimum atomic E-state index is -0.261. The van der Waals surface area contributed by atoms with E-state index in [1.54, 1.807) is 23.5 Å². The van der Waals surface area contributed by atoms with Crippen LogP contribution in [0.5, 0.6) is 0 Å². The summed E-state index contributed by atoms with van der Waals surface area (Å²) in [6, 6.07) is 20.2. The largest absolute Gasteiger partial charge is 0.321 e. The van der Waals surface area contributed by atoms with E-state index in [2.05, 4.69) is 10.4 Å². The van der Waals surface area contributed by atoms with Crippen molar-refractivity contribution in [3.63, 3.8) is 0 Å². The van der Waals surface area contributed by atoms with Gasteiger partial charge in [-0.15, -0.1) is 22.7 Å². The molecule has 0 saturated heterocycles. The number of para-hydroxylation sites is 1. The Morgan fingerprint density at radius 1 is 1.10 bits per heavy atom. The van der Waals surface area contributed by atoms with Crippen LogP contribution in [-0.2, 0) is 6.54 Å². The van der Waals surface area contributed by atoms with E-state index in [9.17, 15) is 9.18 Å². The number of aromatic nitrogens is 2. The Balaban J connectivity index is 1.44. The van der Waals surface area contributed by atoms with Gasteiger partial charge in [0.25, 0.3) is 5.91 Å². The van der Waals surface area contributed by atoms with Gasteiger partial charge in [0.2, 0.25) is 0 Å². The van der Waals surface area contributed by atoms with Crippen LogP contribution < -0.4 is 5.32 Å². The van der Waals surface area contributed by atoms with Crippen molar-refractivity contribution >= 4 is 44.5 Å². The first-order valence-corrected chi connectivity index (χ1v) is 11.4. The molecule has 0 aliphatic carbocycles. The van der Waals surface area contributed by atoms with Crippen LogP contribution in [0.3, 0.4) is 0 Å². The van der Waals surface area contributed by atoms with Gasteiger partial charge in [-0.05, 0) is 48.2 Å². The number of nitrogens with zero attached hydrogens (tertiary/aromatic N) is 2. The van der Waals surface area contributed by atoms with Crippen molar-refractivity contribution in [2.75, 3.05) is 5.32 Å². The molecular formula is C24H18FN3OS2. The average Bonchev–Trinajstić information content (AvgIpc) is 3.50. The molecule has 4 nitrogen and oxygen atoms in total. The standard InChI is InChI=1S/C24H18FN3OS2/c1-15-19-13-22(31-24(19)28(27-15)14-16-8-10-17(25)11-9-16)23(29)26-20-6-3-2-5-18(20)21-7-4-12-30-21/h2-13H,14H2,1H3,(H,26,29). The van der Waals surface area contributed by atoms with Crippen LogP contribution in [0.25, 0.3) is 20.7 Å². The first-order chi connectivity index (χ1) is 15.1. The molecule has 1 N–H and O–H groups in total. The third kappa shape index (κ3) is 3.89. The number of benzene rings is 2. The first kappa shape index (κ1) is 19.7. The number of nitrogens with one attached hydrogen (secondary N) is 1. The number of hydrogen-bond acceptors (Lipinski definition) is 4. The lowest BCUT2D eigenvalue weighted by atomic mass is 10.1. The smallest absolute Gasteiger partial charge is 0.265 e. The Labute approximate surface area is 186 Å². The number of aryl methyl sites for hydroxylation is 1. The van der Waals surface area contributed by atoms with E-state index in [4.69, 9.17) is 0 Å². The van der Waals surface area contributed by atoms with Gasteiger partial charge in [0.1, 0.15) is 10.6 Å². The Kier molecular flexibility index (Phi) is 5.13. The molecule has 7 heteroatoms. The first-order valence-electron chi connectivity index (χ1n) is 9.74. The van der Waals surface area contributed by atoms with Gasteiger partial charge >= 0.3 is 0 Å². The molecule has 3 aromatic heterocycles. The predicted molar refractivity (Wildman–Crippen MR) is 126 cm³/mol. The van der Waals surface area contributed by atoms with Gasteiger partial charge < -0.3 is 5.32 Å². The molecule has 2 aromatic carbocycles. The van der Waals surface area contributed by atoms with Crippen molar-refractivity contribution in [1.82, 2.24) is 9.78 Å². The molecule has 154 valence electrons. The van der Waals surface area contributed by atoms with Crippen LogP contribution in [0, 0.1) is 12.7 Å². The molecule has 31 heavy (non-hydrogen) atoms. The van der Waals surface area contributed by atoms with Crippen LogP contribution in [0.15, 0.2) is 72.1 Å². The number of thiophene rings is 2. The van der Waals surface area contributed by atoms with Crippen LogP contribution in [-0.4, -0.2) is 15.7 Å². The maximum absolute atomic E-state index is 13.2. The van der Waals surface area contributed by atoms with Gasteiger partial charge in [0.05, 0.1) is 17.1 Å². The van der Waals surface area contributed by atoms with Gasteiger partial charge in [-0.25, -0.2) is 4.39 Å². The molecule has 0 atom stereocenters. The van der Waals surface area contributed by atoms with Gasteiger partial charge in [-0.2, -0.15) is 5.10 Å². The molecule has 0 aliphatic heterocycles. The summed E-state index contributed by atoms with van der Waals surface area (Å²) in [6.45, 7) is 2.46. The van der Waals surface area contributed by atoms with Crippen molar-refractivity contribution in [3.05, 3.63) is 94.1 Å².